The smallest absolute Gasteiger partial charge is 0.126 e. The summed E-state index contributed by atoms with van der Waals surface area (Å²) in [6, 6.07) is 7.10. The van der Waals surface area contributed by atoms with E-state index in [0.717, 1.165) is 25.2 Å². The van der Waals surface area contributed by atoms with Gasteiger partial charge in [-0.1, -0.05) is 18.2 Å². The summed E-state index contributed by atoms with van der Waals surface area (Å²) in [5.41, 5.74) is 7.80. The lowest BCUT2D eigenvalue weighted by molar-refractivity contribution is 0.461. The van der Waals surface area contributed by atoms with Gasteiger partial charge in [0.15, 0.2) is 0 Å². The third kappa shape index (κ3) is 2.04. The highest BCUT2D eigenvalue weighted by Crippen LogP contribution is 2.19. The van der Waals surface area contributed by atoms with Crippen molar-refractivity contribution in [1.82, 2.24) is 9.55 Å². The summed E-state index contributed by atoms with van der Waals surface area (Å²) in [5, 5.41) is 0. The van der Waals surface area contributed by atoms with Crippen LogP contribution in [0, 0.1) is 5.82 Å². The van der Waals surface area contributed by atoms with E-state index in [4.69, 9.17) is 5.73 Å². The summed E-state index contributed by atoms with van der Waals surface area (Å²) in [6.45, 7) is 0.889. The van der Waals surface area contributed by atoms with Crippen LogP contribution in [0.3, 0.4) is 0 Å². The third-order valence-corrected chi connectivity index (χ3v) is 3.52. The molecule has 18 heavy (non-hydrogen) atoms. The van der Waals surface area contributed by atoms with Gasteiger partial charge in [0.1, 0.15) is 11.6 Å². The summed E-state index contributed by atoms with van der Waals surface area (Å²) < 4.78 is 15.8. The van der Waals surface area contributed by atoms with Gasteiger partial charge in [0, 0.05) is 37.3 Å². The fourth-order valence-electron chi connectivity index (χ4n) is 2.51. The van der Waals surface area contributed by atoms with Crippen molar-refractivity contribution in [2.75, 3.05) is 0 Å². The molecule has 4 heteroatoms. The van der Waals surface area contributed by atoms with E-state index < -0.39 is 0 Å². The zero-order valence-electron chi connectivity index (χ0n) is 10.1. The number of imidazole rings is 1. The van der Waals surface area contributed by atoms with E-state index in [1.54, 1.807) is 6.07 Å². The van der Waals surface area contributed by atoms with Crippen LogP contribution in [0.15, 0.2) is 30.5 Å². The van der Waals surface area contributed by atoms with Crippen LogP contribution < -0.4 is 5.73 Å². The van der Waals surface area contributed by atoms with E-state index >= 15 is 0 Å². The number of fused-ring (bicyclic) bond motifs is 1. The van der Waals surface area contributed by atoms with Gasteiger partial charge < -0.3 is 10.3 Å². The molecule has 1 aromatic carbocycles. The first kappa shape index (κ1) is 11.4. The van der Waals surface area contributed by atoms with Crippen molar-refractivity contribution in [3.63, 3.8) is 0 Å². The third-order valence-electron chi connectivity index (χ3n) is 3.52. The van der Waals surface area contributed by atoms with Crippen LogP contribution in [0.5, 0.6) is 0 Å². The molecule has 2 heterocycles. The maximum Gasteiger partial charge on any atom is 0.126 e. The minimum absolute atomic E-state index is 0.164. The van der Waals surface area contributed by atoms with Gasteiger partial charge in [-0.05, 0) is 18.1 Å². The number of benzene rings is 1. The maximum absolute atomic E-state index is 13.6. The minimum atomic E-state index is -0.164. The normalized spacial score (nSPS) is 18.7. The Hall–Kier alpha value is -1.68. The molecule has 1 unspecified atom stereocenters. The molecule has 3 rings (SSSR count). The second-order valence-corrected chi connectivity index (χ2v) is 4.84. The van der Waals surface area contributed by atoms with Gasteiger partial charge in [-0.2, -0.15) is 0 Å². The summed E-state index contributed by atoms with van der Waals surface area (Å²) in [5.74, 6) is 0.768. The Kier molecular flexibility index (Phi) is 2.88. The molecule has 1 aliphatic rings. The summed E-state index contributed by atoms with van der Waals surface area (Å²) in [7, 11) is 0. The summed E-state index contributed by atoms with van der Waals surface area (Å²) >= 11 is 0. The Morgan fingerprint density at radius 1 is 1.39 bits per heavy atom. The van der Waals surface area contributed by atoms with Gasteiger partial charge in [0.2, 0.25) is 0 Å². The largest absolute Gasteiger partial charge is 0.332 e. The zero-order valence-corrected chi connectivity index (χ0v) is 10.1. The fourth-order valence-corrected chi connectivity index (χ4v) is 2.51. The predicted molar refractivity (Wildman–Crippen MR) is 67.7 cm³/mol. The van der Waals surface area contributed by atoms with Crippen LogP contribution in [-0.4, -0.2) is 15.6 Å². The molecule has 0 saturated carbocycles. The Labute approximate surface area is 105 Å². The molecule has 0 bridgehead atoms. The first-order chi connectivity index (χ1) is 8.74. The van der Waals surface area contributed by atoms with Crippen LogP contribution in [0.2, 0.25) is 0 Å². The van der Waals surface area contributed by atoms with Crippen molar-refractivity contribution in [3.05, 3.63) is 53.4 Å². The number of halogens is 1. The molecular weight excluding hydrogens is 229 g/mol. The molecule has 2 N–H and O–H groups in total. The number of hydrogen-bond acceptors (Lipinski definition) is 2. The van der Waals surface area contributed by atoms with Crippen LogP contribution >= 0.6 is 0 Å². The van der Waals surface area contributed by atoms with Gasteiger partial charge in [0.05, 0.1) is 0 Å². The average Bonchev–Trinajstić information content (AvgIpc) is 2.74. The average molecular weight is 245 g/mol. The second kappa shape index (κ2) is 4.53. The molecule has 0 spiro atoms. The van der Waals surface area contributed by atoms with E-state index in [0.29, 0.717) is 12.0 Å². The van der Waals surface area contributed by atoms with Crippen LogP contribution in [0.25, 0.3) is 0 Å². The first-order valence-electron chi connectivity index (χ1n) is 6.26. The summed E-state index contributed by atoms with van der Waals surface area (Å²) in [4.78, 5) is 4.41. The maximum atomic E-state index is 13.6. The van der Waals surface area contributed by atoms with Gasteiger partial charge in [-0.3, -0.25) is 0 Å². The van der Waals surface area contributed by atoms with Crippen LogP contribution in [0.1, 0.15) is 23.5 Å². The molecule has 0 radical (unpaired) electrons. The molecular formula is C14H16FN3. The highest BCUT2D eigenvalue weighted by Gasteiger charge is 2.19. The van der Waals surface area contributed by atoms with Gasteiger partial charge in [-0.15, -0.1) is 0 Å². The molecule has 1 aromatic heterocycles. The Bertz CT molecular complexity index is 562. The number of nitrogens with zero attached hydrogens (tertiary/aromatic N) is 2. The Morgan fingerprint density at radius 2 is 2.22 bits per heavy atom. The predicted octanol–water partition coefficient (Wildman–Crippen LogP) is 1.89. The van der Waals surface area contributed by atoms with E-state index in [-0.39, 0.29) is 11.9 Å². The lowest BCUT2D eigenvalue weighted by Crippen LogP contribution is -2.31. The summed E-state index contributed by atoms with van der Waals surface area (Å²) in [6.07, 6.45) is 4.25. The second-order valence-electron chi connectivity index (χ2n) is 4.84. The lowest BCUT2D eigenvalue weighted by atomic mass is 10.1. The van der Waals surface area contributed by atoms with Gasteiger partial charge in [0.25, 0.3) is 0 Å². The number of nitrogens with two attached hydrogens (primary N) is 1. The fraction of sp³-hybridized carbons (Fsp3) is 0.357. The van der Waals surface area contributed by atoms with E-state index in [1.807, 2.05) is 18.3 Å². The van der Waals surface area contributed by atoms with Crippen molar-refractivity contribution < 1.29 is 4.39 Å². The number of hydrogen-bond donors (Lipinski definition) is 1. The highest BCUT2D eigenvalue weighted by molar-refractivity contribution is 5.23. The van der Waals surface area contributed by atoms with Crippen molar-refractivity contribution in [1.29, 1.82) is 0 Å². The molecule has 2 aromatic rings. The Balaban J connectivity index is 1.88. The van der Waals surface area contributed by atoms with E-state index in [9.17, 15) is 4.39 Å². The number of rotatable bonds is 2. The SMILES string of the molecule is NC1CCn2c(cnc2Cc2ccccc2F)C1. The topological polar surface area (TPSA) is 43.8 Å². The standard InChI is InChI=1S/C14H16FN3/c15-13-4-2-1-3-10(13)7-14-17-9-12-8-11(16)5-6-18(12)14/h1-4,9,11H,5-8,16H2. The Morgan fingerprint density at radius 3 is 3.06 bits per heavy atom. The van der Waals surface area contributed by atoms with Crippen LogP contribution in [0.4, 0.5) is 4.39 Å². The minimum Gasteiger partial charge on any atom is -0.332 e. The van der Waals surface area contributed by atoms with Crippen molar-refractivity contribution >= 4 is 0 Å². The van der Waals surface area contributed by atoms with E-state index in [2.05, 4.69) is 9.55 Å². The molecule has 1 atom stereocenters. The van der Waals surface area contributed by atoms with Crippen molar-refractivity contribution in [2.24, 2.45) is 5.73 Å². The van der Waals surface area contributed by atoms with E-state index in [1.165, 1.54) is 11.8 Å². The molecule has 0 amide bonds. The first-order valence-corrected chi connectivity index (χ1v) is 6.26. The van der Waals surface area contributed by atoms with Gasteiger partial charge >= 0.3 is 0 Å². The van der Waals surface area contributed by atoms with Crippen molar-refractivity contribution in [3.8, 4) is 0 Å². The monoisotopic (exact) mass is 245 g/mol. The molecule has 3 nitrogen and oxygen atoms in total. The molecule has 0 fully saturated rings. The zero-order chi connectivity index (χ0) is 12.5. The molecule has 1 aliphatic heterocycles. The molecule has 94 valence electrons. The van der Waals surface area contributed by atoms with Crippen LogP contribution in [-0.2, 0) is 19.4 Å². The number of aromatic nitrogens is 2. The highest BCUT2D eigenvalue weighted by atomic mass is 19.1. The molecule has 0 saturated heterocycles. The van der Waals surface area contributed by atoms with Gasteiger partial charge in [-0.25, -0.2) is 9.37 Å². The molecule has 0 aliphatic carbocycles. The lowest BCUT2D eigenvalue weighted by Gasteiger charge is -2.21. The van der Waals surface area contributed by atoms with Crippen molar-refractivity contribution in [2.45, 2.75) is 31.8 Å². The quantitative estimate of drug-likeness (QED) is 0.878.